The first kappa shape index (κ1) is 6.98. The van der Waals surface area contributed by atoms with E-state index in [-0.39, 0.29) is 5.78 Å². The van der Waals surface area contributed by atoms with Gasteiger partial charge in [-0.05, 0) is 18.8 Å². The van der Waals surface area contributed by atoms with Crippen molar-refractivity contribution in [1.82, 2.24) is 4.98 Å². The van der Waals surface area contributed by atoms with Gasteiger partial charge in [-0.25, -0.2) is 4.98 Å². The molecule has 1 fully saturated rings. The maximum absolute atomic E-state index is 10.8. The topological polar surface area (TPSA) is 30.0 Å². The Bertz CT molecular complexity index is 288. The van der Waals surface area contributed by atoms with Crippen LogP contribution in [0.2, 0.25) is 0 Å². The molecule has 0 amide bonds. The molecule has 0 aliphatic heterocycles. The standard InChI is InChI=1S/C8H9NOS/c1-5(10)8-9-4-7(11-8)6-2-3-6/h4,6H,2-3H2,1H3. The number of nitrogens with zero attached hydrogens (tertiary/aromatic N) is 1. The molecule has 11 heavy (non-hydrogen) atoms. The number of carbonyl (C=O) groups is 1. The molecule has 0 aromatic carbocycles. The van der Waals surface area contributed by atoms with Crippen LogP contribution in [-0.2, 0) is 0 Å². The molecule has 1 aliphatic rings. The third-order valence-corrected chi connectivity index (χ3v) is 3.07. The highest BCUT2D eigenvalue weighted by atomic mass is 32.1. The average Bonchev–Trinajstić information content (AvgIpc) is 2.68. The van der Waals surface area contributed by atoms with Gasteiger partial charge in [0.2, 0.25) is 0 Å². The quantitative estimate of drug-likeness (QED) is 0.632. The van der Waals surface area contributed by atoms with E-state index in [2.05, 4.69) is 4.98 Å². The first-order valence-corrected chi connectivity index (χ1v) is 4.55. The van der Waals surface area contributed by atoms with E-state index in [1.807, 2.05) is 6.20 Å². The lowest BCUT2D eigenvalue weighted by atomic mass is 10.4. The van der Waals surface area contributed by atoms with Crippen molar-refractivity contribution in [2.24, 2.45) is 0 Å². The molecule has 2 nitrogen and oxygen atoms in total. The molecule has 0 spiro atoms. The molecular formula is C8H9NOS. The summed E-state index contributed by atoms with van der Waals surface area (Å²) in [5.74, 6) is 0.808. The van der Waals surface area contributed by atoms with Gasteiger partial charge in [0.1, 0.15) is 0 Å². The monoisotopic (exact) mass is 167 g/mol. The molecule has 1 saturated carbocycles. The van der Waals surface area contributed by atoms with Crippen molar-refractivity contribution >= 4 is 17.1 Å². The molecule has 0 N–H and O–H groups in total. The third-order valence-electron chi connectivity index (χ3n) is 1.80. The van der Waals surface area contributed by atoms with Crippen LogP contribution in [-0.4, -0.2) is 10.8 Å². The van der Waals surface area contributed by atoms with E-state index in [0.29, 0.717) is 5.01 Å². The van der Waals surface area contributed by atoms with Crippen molar-refractivity contribution in [2.75, 3.05) is 0 Å². The summed E-state index contributed by atoms with van der Waals surface area (Å²) in [6.45, 7) is 1.56. The van der Waals surface area contributed by atoms with Gasteiger partial charge in [0.25, 0.3) is 0 Å². The summed E-state index contributed by atoms with van der Waals surface area (Å²) in [6, 6.07) is 0. The predicted molar refractivity (Wildman–Crippen MR) is 44.1 cm³/mol. The number of thiazole rings is 1. The molecule has 58 valence electrons. The molecule has 0 bridgehead atoms. The Hall–Kier alpha value is -0.700. The normalized spacial score (nSPS) is 16.8. The Morgan fingerprint density at radius 2 is 2.45 bits per heavy atom. The lowest BCUT2D eigenvalue weighted by molar-refractivity contribution is 0.101. The Morgan fingerprint density at radius 3 is 2.91 bits per heavy atom. The van der Waals surface area contributed by atoms with Gasteiger partial charge in [-0.2, -0.15) is 0 Å². The van der Waals surface area contributed by atoms with Crippen LogP contribution in [0.3, 0.4) is 0 Å². The number of rotatable bonds is 2. The fourth-order valence-corrected chi connectivity index (χ4v) is 1.99. The molecule has 1 aliphatic carbocycles. The Balaban J connectivity index is 2.25. The van der Waals surface area contributed by atoms with E-state index in [0.717, 1.165) is 5.92 Å². The van der Waals surface area contributed by atoms with Crippen LogP contribution < -0.4 is 0 Å². The highest BCUT2D eigenvalue weighted by Crippen LogP contribution is 2.42. The van der Waals surface area contributed by atoms with Crippen LogP contribution in [0.15, 0.2) is 6.20 Å². The molecule has 1 aromatic rings. The summed E-state index contributed by atoms with van der Waals surface area (Å²) in [7, 11) is 0. The third kappa shape index (κ3) is 1.33. The Morgan fingerprint density at radius 1 is 1.73 bits per heavy atom. The van der Waals surface area contributed by atoms with Gasteiger partial charge < -0.3 is 0 Å². The number of carbonyl (C=O) groups excluding carboxylic acids is 1. The second-order valence-electron chi connectivity index (χ2n) is 2.90. The molecule has 1 heterocycles. The van der Waals surface area contributed by atoms with E-state index in [4.69, 9.17) is 0 Å². The van der Waals surface area contributed by atoms with Crippen LogP contribution in [0, 0.1) is 0 Å². The molecule has 0 radical (unpaired) electrons. The fourth-order valence-electron chi connectivity index (χ4n) is 1.01. The van der Waals surface area contributed by atoms with E-state index < -0.39 is 0 Å². The number of aromatic nitrogens is 1. The summed E-state index contributed by atoms with van der Waals surface area (Å²) in [5.41, 5.74) is 0. The Kier molecular flexibility index (Phi) is 1.53. The predicted octanol–water partition coefficient (Wildman–Crippen LogP) is 2.22. The second-order valence-corrected chi connectivity index (χ2v) is 3.96. The van der Waals surface area contributed by atoms with Crippen LogP contribution in [0.25, 0.3) is 0 Å². The summed E-state index contributed by atoms with van der Waals surface area (Å²) in [6.07, 6.45) is 4.40. The van der Waals surface area contributed by atoms with Crippen LogP contribution >= 0.6 is 11.3 Å². The lowest BCUT2D eigenvalue weighted by Crippen LogP contribution is -1.87. The van der Waals surface area contributed by atoms with E-state index in [1.54, 1.807) is 18.3 Å². The smallest absolute Gasteiger partial charge is 0.188 e. The van der Waals surface area contributed by atoms with Crippen molar-refractivity contribution in [1.29, 1.82) is 0 Å². The van der Waals surface area contributed by atoms with Gasteiger partial charge in [-0.1, -0.05) is 0 Å². The number of Topliss-reactive ketones (excluding diaryl/α,β-unsaturated/α-hetero) is 1. The average molecular weight is 167 g/mol. The first-order chi connectivity index (χ1) is 5.27. The van der Waals surface area contributed by atoms with Gasteiger partial charge in [-0.15, -0.1) is 11.3 Å². The molecule has 0 unspecified atom stereocenters. The lowest BCUT2D eigenvalue weighted by Gasteiger charge is -1.83. The fraction of sp³-hybridized carbons (Fsp3) is 0.500. The van der Waals surface area contributed by atoms with Crippen molar-refractivity contribution in [3.8, 4) is 0 Å². The van der Waals surface area contributed by atoms with Crippen molar-refractivity contribution in [2.45, 2.75) is 25.7 Å². The largest absolute Gasteiger partial charge is 0.292 e. The zero-order chi connectivity index (χ0) is 7.84. The summed E-state index contributed by atoms with van der Waals surface area (Å²) in [4.78, 5) is 16.2. The second kappa shape index (κ2) is 2.41. The van der Waals surface area contributed by atoms with Crippen molar-refractivity contribution in [3.63, 3.8) is 0 Å². The maximum Gasteiger partial charge on any atom is 0.188 e. The zero-order valence-corrected chi connectivity index (χ0v) is 7.15. The highest BCUT2D eigenvalue weighted by Gasteiger charge is 2.26. The van der Waals surface area contributed by atoms with Gasteiger partial charge in [0.15, 0.2) is 10.8 Å². The summed E-state index contributed by atoms with van der Waals surface area (Å²) >= 11 is 1.55. The SMILES string of the molecule is CC(=O)c1ncc(C2CC2)s1. The van der Waals surface area contributed by atoms with Crippen LogP contribution in [0.1, 0.15) is 40.4 Å². The van der Waals surface area contributed by atoms with Gasteiger partial charge in [-0.3, -0.25) is 4.79 Å². The van der Waals surface area contributed by atoms with Gasteiger partial charge in [0, 0.05) is 18.0 Å². The highest BCUT2D eigenvalue weighted by molar-refractivity contribution is 7.13. The minimum Gasteiger partial charge on any atom is -0.292 e. The van der Waals surface area contributed by atoms with Crippen molar-refractivity contribution < 1.29 is 4.79 Å². The number of hydrogen-bond donors (Lipinski definition) is 0. The van der Waals surface area contributed by atoms with Crippen molar-refractivity contribution in [3.05, 3.63) is 16.1 Å². The van der Waals surface area contributed by atoms with Gasteiger partial charge in [0.05, 0.1) is 0 Å². The molecule has 1 aromatic heterocycles. The van der Waals surface area contributed by atoms with Crippen LogP contribution in [0.4, 0.5) is 0 Å². The van der Waals surface area contributed by atoms with Crippen LogP contribution in [0.5, 0.6) is 0 Å². The van der Waals surface area contributed by atoms with E-state index >= 15 is 0 Å². The minimum atomic E-state index is 0.0851. The minimum absolute atomic E-state index is 0.0851. The van der Waals surface area contributed by atoms with Gasteiger partial charge >= 0.3 is 0 Å². The molecule has 0 saturated heterocycles. The zero-order valence-electron chi connectivity index (χ0n) is 6.33. The number of ketones is 1. The summed E-state index contributed by atoms with van der Waals surface area (Å²) in [5, 5.41) is 0.659. The molecule has 3 heteroatoms. The van der Waals surface area contributed by atoms with E-state index in [1.165, 1.54) is 17.7 Å². The molecule has 0 atom stereocenters. The van der Waals surface area contributed by atoms with E-state index in [9.17, 15) is 4.79 Å². The number of hydrogen-bond acceptors (Lipinski definition) is 3. The summed E-state index contributed by atoms with van der Waals surface area (Å²) < 4.78 is 0. The molecular weight excluding hydrogens is 158 g/mol. The first-order valence-electron chi connectivity index (χ1n) is 3.74. The maximum atomic E-state index is 10.8. The Labute approximate surface area is 69.3 Å². The molecule has 2 rings (SSSR count).